The molecule has 0 radical (unpaired) electrons. The zero-order chi connectivity index (χ0) is 51.3. The Kier molecular flexibility index (Phi) is 24.4. The molecule has 1 unspecified atom stereocenters. The van der Waals surface area contributed by atoms with Crippen LogP contribution in [0.25, 0.3) is 16.7 Å². The quantitative estimate of drug-likeness (QED) is 0.0674. The van der Waals surface area contributed by atoms with Crippen LogP contribution in [-0.4, -0.2) is 97.3 Å². The maximum absolute atomic E-state index is 13.2. The van der Waals surface area contributed by atoms with E-state index >= 15 is 0 Å². The van der Waals surface area contributed by atoms with E-state index in [1.54, 1.807) is 11.7 Å². The minimum Gasteiger partial charge on any atom is -0.497 e. The van der Waals surface area contributed by atoms with E-state index in [1.807, 2.05) is 30.5 Å². The van der Waals surface area contributed by atoms with Gasteiger partial charge in [-0.15, -0.1) is 12.8 Å². The number of terminal acetylenes is 2. The standard InChI is InChI=1S/C26H31N7O3.C26H2.H3N7O3.14H2/c1-35-22-4-2-19(3-5-22)16-32-24-23(25-28-18-29-33(25)26(32)34)12-21(13-27-24)15-31-9-7-30(8-10-31)14-20-6-11-36-17-20;1-3-5-7-9-11-13-15-17-19-21-23-25-26-24-22-20-18-16-14-12-10-8-6-4-2;1-2-3-4-5-6-7(8)10-9;;;;;;;;;;;;;;/h2-5,12-13,18,20H,6-11,14-17H2,1H3;1-2H;9H,(H2,1,3,5);14*1H. The summed E-state index contributed by atoms with van der Waals surface area (Å²) < 4.78 is 13.8. The van der Waals surface area contributed by atoms with Gasteiger partial charge in [-0.2, -0.15) is 9.61 Å². The van der Waals surface area contributed by atoms with Crippen molar-refractivity contribution in [3.8, 4) is 161 Å². The van der Waals surface area contributed by atoms with Gasteiger partial charge in [0.1, 0.15) is 22.9 Å². The van der Waals surface area contributed by atoms with Crippen molar-refractivity contribution < 1.29 is 44.7 Å². The average molecular weight is 981 g/mol. The van der Waals surface area contributed by atoms with Crippen LogP contribution in [0.2, 0.25) is 0 Å². The second-order valence-electron chi connectivity index (χ2n) is 13.6. The van der Waals surface area contributed by atoms with Gasteiger partial charge >= 0.3 is 5.69 Å². The molecule has 0 saturated carbocycles. The van der Waals surface area contributed by atoms with Crippen molar-refractivity contribution >= 4 is 16.7 Å². The summed E-state index contributed by atoms with van der Waals surface area (Å²) in [4.78, 5) is 30.4. The molecule has 1 aromatic carbocycles. The number of nitrogens with zero attached hydrogens (tertiary/aromatic N) is 13. The van der Waals surface area contributed by atoms with Gasteiger partial charge in [-0.1, -0.05) is 17.4 Å². The SMILES string of the molecule is C#CC#CC#CC#CC#CC#CC#CC#CC#CC#CC#CC#CC#C.COc1ccc(Cn2c(=O)n3ncnc3c3cc(CN4CCN(CC5CCOC5)CC4)cnc32)cc1.NN=NN=NN=[N+]([O-])OO.[HH].[HH].[HH].[HH].[HH].[HH].[HH].[HH].[HH].[HH].[HH].[HH].[HH].[HH]. The van der Waals surface area contributed by atoms with E-state index in [1.165, 1.54) is 17.3 Å². The van der Waals surface area contributed by atoms with Gasteiger partial charge in [-0.05, 0) is 136 Å². The van der Waals surface area contributed by atoms with Crippen LogP contribution < -0.4 is 16.3 Å². The summed E-state index contributed by atoms with van der Waals surface area (Å²) in [6, 6.07) is 9.80. The highest BCUT2D eigenvalue weighted by molar-refractivity contribution is 5.89. The highest BCUT2D eigenvalue weighted by Crippen LogP contribution is 2.21. The average Bonchev–Trinajstić information content (AvgIpc) is 4.13. The Morgan fingerprint density at radius 3 is 1.79 bits per heavy atom. The Morgan fingerprint density at radius 2 is 1.31 bits per heavy atom. The molecular weight excluding hydrogens is 917 g/mol. The molecule has 1 atom stereocenters. The number of nitrogens with two attached hydrogens (primary N) is 1. The van der Waals surface area contributed by atoms with E-state index < -0.39 is 5.02 Å². The van der Waals surface area contributed by atoms with Crippen molar-refractivity contribution in [1.29, 1.82) is 0 Å². The number of ether oxygens (including phenoxy) is 2. The van der Waals surface area contributed by atoms with Crippen molar-refractivity contribution in [3.05, 3.63) is 69.7 Å². The normalized spacial score (nSPS) is 12.9. The molecule has 6 rings (SSSR count). The monoisotopic (exact) mass is 981 g/mol. The molecule has 20 nitrogen and oxygen atoms in total. The lowest BCUT2D eigenvalue weighted by atomic mass is 10.1. The van der Waals surface area contributed by atoms with Gasteiger partial charge in [-0.3, -0.25) is 14.7 Å². The predicted octanol–water partition coefficient (Wildman–Crippen LogP) is 5.35. The number of methoxy groups -OCH3 is 1. The number of hydrogen-bond donors (Lipinski definition) is 2. The van der Waals surface area contributed by atoms with Gasteiger partial charge in [0.2, 0.25) is 10.4 Å². The Balaban J connectivity index is -0.000000113. The number of benzene rings is 1. The molecule has 0 aliphatic carbocycles. The zero-order valence-corrected chi connectivity index (χ0v) is 38.2. The third-order valence-corrected chi connectivity index (χ3v) is 9.06. The number of pyridine rings is 1. The molecule has 3 aromatic heterocycles. The molecule has 2 fully saturated rings. The smallest absolute Gasteiger partial charge is 0.352 e. The van der Waals surface area contributed by atoms with E-state index in [0.717, 1.165) is 74.7 Å². The Labute approximate surface area is 435 Å². The van der Waals surface area contributed by atoms with Crippen LogP contribution in [0.1, 0.15) is 37.5 Å². The molecule has 3 N–H and O–H groups in total. The summed E-state index contributed by atoms with van der Waals surface area (Å²) in [6.07, 6.45) is 14.3. The minimum atomic E-state index is -0.602. The summed E-state index contributed by atoms with van der Waals surface area (Å²) >= 11 is 0. The van der Waals surface area contributed by atoms with Crippen molar-refractivity contribution in [2.75, 3.05) is 53.0 Å². The Bertz CT molecular complexity index is 3500. The number of aromatic nitrogens is 5. The highest BCUT2D eigenvalue weighted by atomic mass is 17.2. The summed E-state index contributed by atoms with van der Waals surface area (Å²) in [5.74, 6) is 64.1. The molecule has 2 saturated heterocycles. The fraction of sp³-hybridized carbons (Fsp3) is 0.231. The van der Waals surface area contributed by atoms with Crippen LogP contribution in [0.4, 0.5) is 0 Å². The highest BCUT2D eigenvalue weighted by Gasteiger charge is 2.23. The maximum Gasteiger partial charge on any atom is 0.352 e. The summed E-state index contributed by atoms with van der Waals surface area (Å²) in [7, 11) is 1.64. The van der Waals surface area contributed by atoms with Crippen molar-refractivity contribution in [1.82, 2.24) is 33.9 Å². The van der Waals surface area contributed by atoms with E-state index in [4.69, 9.17) is 32.6 Å². The molecular formula is C52H64N14O6. The van der Waals surface area contributed by atoms with Gasteiger partial charge in [0.25, 0.3) is 0 Å². The van der Waals surface area contributed by atoms with Gasteiger partial charge in [0.15, 0.2) is 5.65 Å². The fourth-order valence-electron chi connectivity index (χ4n) is 6.08. The molecule has 2 aliphatic rings. The number of rotatable bonds is 10. The van der Waals surface area contributed by atoms with E-state index in [9.17, 15) is 10.0 Å². The molecule has 378 valence electrons. The van der Waals surface area contributed by atoms with E-state index in [-0.39, 0.29) is 25.7 Å². The van der Waals surface area contributed by atoms with E-state index in [2.05, 4.69) is 205 Å². The first-order valence-corrected chi connectivity index (χ1v) is 20.7. The predicted molar refractivity (Wildman–Crippen MR) is 292 cm³/mol. The second-order valence-corrected chi connectivity index (χ2v) is 13.6. The molecule has 0 amide bonds. The molecule has 20 heteroatoms. The van der Waals surface area contributed by atoms with Crippen LogP contribution in [0.3, 0.4) is 0 Å². The first-order chi connectivity index (χ1) is 35.4. The zero-order valence-electron chi connectivity index (χ0n) is 38.2. The fourth-order valence-corrected chi connectivity index (χ4v) is 6.08. The van der Waals surface area contributed by atoms with E-state index in [0.29, 0.717) is 23.8 Å². The van der Waals surface area contributed by atoms with Crippen LogP contribution in [-0.2, 0) is 22.8 Å². The van der Waals surface area contributed by atoms with Crippen molar-refractivity contribution in [2.45, 2.75) is 19.5 Å². The first kappa shape index (κ1) is 53.7. The van der Waals surface area contributed by atoms with Crippen LogP contribution in [0.15, 0.2) is 73.8 Å². The summed E-state index contributed by atoms with van der Waals surface area (Å²) in [5, 5.41) is 35.1. The molecule has 0 bridgehead atoms. The lowest BCUT2D eigenvalue weighted by Gasteiger charge is -2.35. The van der Waals surface area contributed by atoms with Crippen molar-refractivity contribution in [3.63, 3.8) is 0 Å². The second kappa shape index (κ2) is 32.7. The summed E-state index contributed by atoms with van der Waals surface area (Å²) in [6.45, 7) is 8.38. The third kappa shape index (κ3) is 19.9. The van der Waals surface area contributed by atoms with Gasteiger partial charge in [0, 0.05) is 125 Å². The summed E-state index contributed by atoms with van der Waals surface area (Å²) in [5.41, 5.74) is 2.99. The van der Waals surface area contributed by atoms with Gasteiger partial charge in [-0.25, -0.2) is 14.8 Å². The van der Waals surface area contributed by atoms with Crippen LogP contribution in [0.5, 0.6) is 5.75 Å². The Hall–Kier alpha value is -10.9. The molecule has 0 spiro atoms. The van der Waals surface area contributed by atoms with Crippen molar-refractivity contribution in [2.24, 2.45) is 37.9 Å². The van der Waals surface area contributed by atoms with Gasteiger partial charge in [0.05, 0.1) is 30.7 Å². The van der Waals surface area contributed by atoms with Gasteiger partial charge < -0.3 is 30.4 Å². The molecule has 2 aliphatic heterocycles. The van der Waals surface area contributed by atoms with Crippen LogP contribution in [0, 0.1) is 166 Å². The lowest BCUT2D eigenvalue weighted by Crippen LogP contribution is -2.47. The largest absolute Gasteiger partial charge is 0.497 e. The molecule has 72 heavy (non-hydrogen) atoms. The lowest BCUT2D eigenvalue weighted by molar-refractivity contribution is -0.873. The number of hydrogen-bond acceptors (Lipinski definition) is 12. The number of piperazine rings is 1. The minimum absolute atomic E-state index is 0. The Morgan fingerprint density at radius 1 is 0.764 bits per heavy atom. The third-order valence-electron chi connectivity index (χ3n) is 9.06. The first-order valence-electron chi connectivity index (χ1n) is 20.7. The van der Waals surface area contributed by atoms with Crippen LogP contribution >= 0.6 is 0 Å². The maximum atomic E-state index is 13.2. The number of fused-ring (bicyclic) bond motifs is 3. The molecule has 5 heterocycles. The topological polar surface area (TPSA) is 233 Å². The molecule has 4 aromatic rings.